The van der Waals surface area contributed by atoms with E-state index in [-0.39, 0.29) is 23.7 Å². The molecule has 21 heavy (non-hydrogen) atoms. The van der Waals surface area contributed by atoms with Gasteiger partial charge in [-0.25, -0.2) is 4.79 Å². The topological polar surface area (TPSA) is 81.4 Å². The van der Waals surface area contributed by atoms with Gasteiger partial charge < -0.3 is 15.8 Å². The van der Waals surface area contributed by atoms with Crippen molar-refractivity contribution in [3.8, 4) is 0 Å². The van der Waals surface area contributed by atoms with Crippen LogP contribution < -0.4 is 11.1 Å². The number of rotatable bonds is 3. The Hall–Kier alpha value is -1.59. The first-order valence-electron chi connectivity index (χ1n) is 6.42. The highest BCUT2D eigenvalue weighted by molar-refractivity contribution is 5.97. The van der Waals surface area contributed by atoms with Gasteiger partial charge in [0.05, 0.1) is 18.7 Å². The lowest BCUT2D eigenvalue weighted by atomic mass is 9.87. The zero-order valence-corrected chi connectivity index (χ0v) is 13.8. The molecule has 1 aromatic rings. The number of halogens is 1. The Labute approximate surface area is 131 Å². The lowest BCUT2D eigenvalue weighted by Crippen LogP contribution is -2.45. The maximum atomic E-state index is 12.1. The number of nitrogens with two attached hydrogens (primary N) is 1. The van der Waals surface area contributed by atoms with Crippen LogP contribution in [0.5, 0.6) is 0 Å². The summed E-state index contributed by atoms with van der Waals surface area (Å²) >= 11 is 0. The standard InChI is InChI=1S/C15H22N2O3.ClH/c1-9-6-7-10(14(19)20-5)8-11(9)17-13(18)12(16)15(2,3)4;/h6-8,12H,16H2,1-5H3,(H,17,18);1H/t12-;/m1./s1. The molecule has 0 saturated carbocycles. The number of carbonyl (C=O) groups excluding carboxylic acids is 2. The van der Waals surface area contributed by atoms with Crippen molar-refractivity contribution in [1.82, 2.24) is 0 Å². The molecule has 0 heterocycles. The Morgan fingerprint density at radius 2 is 1.86 bits per heavy atom. The summed E-state index contributed by atoms with van der Waals surface area (Å²) < 4.78 is 4.66. The molecule has 118 valence electrons. The van der Waals surface area contributed by atoms with Gasteiger partial charge >= 0.3 is 5.97 Å². The van der Waals surface area contributed by atoms with E-state index in [1.54, 1.807) is 18.2 Å². The van der Waals surface area contributed by atoms with Crippen molar-refractivity contribution in [2.75, 3.05) is 12.4 Å². The van der Waals surface area contributed by atoms with Crippen LogP contribution in [0, 0.1) is 12.3 Å². The molecule has 0 aliphatic carbocycles. The van der Waals surface area contributed by atoms with E-state index in [1.165, 1.54) is 7.11 Å². The highest BCUT2D eigenvalue weighted by Crippen LogP contribution is 2.21. The van der Waals surface area contributed by atoms with Crippen LogP contribution in [0.15, 0.2) is 18.2 Å². The summed E-state index contributed by atoms with van der Waals surface area (Å²) in [5.41, 5.74) is 7.38. The summed E-state index contributed by atoms with van der Waals surface area (Å²) in [6.45, 7) is 7.54. The largest absolute Gasteiger partial charge is 0.465 e. The number of anilines is 1. The third kappa shape index (κ3) is 5.02. The number of methoxy groups -OCH3 is 1. The zero-order valence-electron chi connectivity index (χ0n) is 13.0. The minimum Gasteiger partial charge on any atom is -0.465 e. The van der Waals surface area contributed by atoms with Gasteiger partial charge in [-0.15, -0.1) is 12.4 Å². The summed E-state index contributed by atoms with van der Waals surface area (Å²) in [7, 11) is 1.32. The van der Waals surface area contributed by atoms with Crippen LogP contribution in [0.4, 0.5) is 5.69 Å². The number of carbonyl (C=O) groups is 2. The summed E-state index contributed by atoms with van der Waals surface area (Å²) in [5, 5.41) is 2.76. The molecule has 1 amide bonds. The molecule has 5 nitrogen and oxygen atoms in total. The first-order chi connectivity index (χ1) is 9.16. The Bertz CT molecular complexity index is 524. The molecule has 0 fully saturated rings. The van der Waals surface area contributed by atoms with Gasteiger partial charge in [-0.1, -0.05) is 26.8 Å². The third-order valence-corrected chi connectivity index (χ3v) is 3.13. The van der Waals surface area contributed by atoms with Crippen LogP contribution in [0.2, 0.25) is 0 Å². The van der Waals surface area contributed by atoms with E-state index in [0.29, 0.717) is 11.3 Å². The summed E-state index contributed by atoms with van der Waals surface area (Å²) in [4.78, 5) is 23.6. The van der Waals surface area contributed by atoms with E-state index in [1.807, 2.05) is 27.7 Å². The highest BCUT2D eigenvalue weighted by Gasteiger charge is 2.27. The Balaban J connectivity index is 0.00000400. The highest BCUT2D eigenvalue weighted by atomic mass is 35.5. The molecule has 1 rings (SSSR count). The fourth-order valence-electron chi connectivity index (χ4n) is 1.61. The lowest BCUT2D eigenvalue weighted by molar-refractivity contribution is -0.119. The quantitative estimate of drug-likeness (QED) is 0.840. The van der Waals surface area contributed by atoms with E-state index in [0.717, 1.165) is 5.56 Å². The molecule has 6 heteroatoms. The molecule has 1 aromatic carbocycles. The van der Waals surface area contributed by atoms with E-state index in [9.17, 15) is 9.59 Å². The molecule has 0 spiro atoms. The number of ether oxygens (including phenoxy) is 1. The number of amides is 1. The average molecular weight is 315 g/mol. The zero-order chi connectivity index (χ0) is 15.5. The third-order valence-electron chi connectivity index (χ3n) is 3.13. The Morgan fingerprint density at radius 1 is 1.29 bits per heavy atom. The predicted molar refractivity (Wildman–Crippen MR) is 85.8 cm³/mol. The van der Waals surface area contributed by atoms with Gasteiger partial charge in [-0.3, -0.25) is 4.79 Å². The normalized spacial score (nSPS) is 12.1. The first kappa shape index (κ1) is 19.4. The smallest absolute Gasteiger partial charge is 0.337 e. The SMILES string of the molecule is COC(=O)c1ccc(C)c(NC(=O)[C@@H](N)C(C)(C)C)c1.Cl. The van der Waals surface area contributed by atoms with Crippen molar-refractivity contribution in [3.63, 3.8) is 0 Å². The van der Waals surface area contributed by atoms with Gasteiger partial charge in [0.2, 0.25) is 5.91 Å². The number of benzene rings is 1. The van der Waals surface area contributed by atoms with Gasteiger partial charge in [0, 0.05) is 5.69 Å². The number of aryl methyl sites for hydroxylation is 1. The maximum absolute atomic E-state index is 12.1. The minimum atomic E-state index is -0.635. The molecule has 0 aliphatic heterocycles. The molecule has 1 atom stereocenters. The molecule has 0 aromatic heterocycles. The van der Waals surface area contributed by atoms with Gasteiger partial charge in [0.25, 0.3) is 0 Å². The fraction of sp³-hybridized carbons (Fsp3) is 0.467. The van der Waals surface area contributed by atoms with E-state index >= 15 is 0 Å². The van der Waals surface area contributed by atoms with Crippen molar-refractivity contribution in [3.05, 3.63) is 29.3 Å². The maximum Gasteiger partial charge on any atom is 0.337 e. The minimum absolute atomic E-state index is 0. The second-order valence-corrected chi connectivity index (χ2v) is 5.85. The monoisotopic (exact) mass is 314 g/mol. The van der Waals surface area contributed by atoms with Crippen molar-refractivity contribution in [2.24, 2.45) is 11.1 Å². The molecule has 0 saturated heterocycles. The van der Waals surface area contributed by atoms with Crippen LogP contribution in [0.25, 0.3) is 0 Å². The van der Waals surface area contributed by atoms with Crippen LogP contribution in [-0.4, -0.2) is 25.0 Å². The number of hydrogen-bond donors (Lipinski definition) is 2. The van der Waals surface area contributed by atoms with Crippen LogP contribution in [0.1, 0.15) is 36.7 Å². The fourth-order valence-corrected chi connectivity index (χ4v) is 1.61. The number of nitrogens with one attached hydrogen (secondary N) is 1. The van der Waals surface area contributed by atoms with Crippen molar-refractivity contribution < 1.29 is 14.3 Å². The first-order valence-corrected chi connectivity index (χ1v) is 6.42. The van der Waals surface area contributed by atoms with Crippen LogP contribution in [-0.2, 0) is 9.53 Å². The Kier molecular flexibility index (Phi) is 6.86. The lowest BCUT2D eigenvalue weighted by Gasteiger charge is -2.26. The predicted octanol–water partition coefficient (Wildman–Crippen LogP) is 2.52. The van der Waals surface area contributed by atoms with Gasteiger partial charge in [-0.2, -0.15) is 0 Å². The molecule has 0 aliphatic rings. The van der Waals surface area contributed by atoms with Crippen molar-refractivity contribution in [1.29, 1.82) is 0 Å². The van der Waals surface area contributed by atoms with Crippen molar-refractivity contribution >= 4 is 30.0 Å². The van der Waals surface area contributed by atoms with Crippen LogP contribution in [0.3, 0.4) is 0 Å². The number of esters is 1. The molecule has 0 bridgehead atoms. The second-order valence-electron chi connectivity index (χ2n) is 5.85. The van der Waals surface area contributed by atoms with E-state index < -0.39 is 12.0 Å². The number of hydrogen-bond acceptors (Lipinski definition) is 4. The summed E-state index contributed by atoms with van der Waals surface area (Å²) in [6, 6.07) is 4.36. The summed E-state index contributed by atoms with van der Waals surface area (Å²) in [5.74, 6) is -0.719. The average Bonchev–Trinajstić information content (AvgIpc) is 2.38. The van der Waals surface area contributed by atoms with E-state index in [2.05, 4.69) is 10.1 Å². The van der Waals surface area contributed by atoms with Gasteiger partial charge in [0.15, 0.2) is 0 Å². The molecule has 0 unspecified atom stereocenters. The van der Waals surface area contributed by atoms with Crippen LogP contribution >= 0.6 is 12.4 Å². The van der Waals surface area contributed by atoms with Gasteiger partial charge in [0.1, 0.15) is 0 Å². The molecular formula is C15H23ClN2O3. The molecule has 0 radical (unpaired) electrons. The molecule has 3 N–H and O–H groups in total. The van der Waals surface area contributed by atoms with E-state index in [4.69, 9.17) is 5.73 Å². The Morgan fingerprint density at radius 3 is 2.33 bits per heavy atom. The second kappa shape index (κ2) is 7.43. The van der Waals surface area contributed by atoms with Crippen molar-refractivity contribution in [2.45, 2.75) is 33.7 Å². The van der Waals surface area contributed by atoms with Gasteiger partial charge in [-0.05, 0) is 30.0 Å². The summed E-state index contributed by atoms with van der Waals surface area (Å²) in [6.07, 6.45) is 0. The molecular weight excluding hydrogens is 292 g/mol.